The zero-order valence-electron chi connectivity index (χ0n) is 26.5. The van der Waals surface area contributed by atoms with Crippen molar-refractivity contribution in [3.05, 3.63) is 143 Å². The number of dihydropyridines is 1. The van der Waals surface area contributed by atoms with Gasteiger partial charge in [0.1, 0.15) is 18.1 Å². The Morgan fingerprint density at radius 2 is 1.36 bits per heavy atom. The van der Waals surface area contributed by atoms with Crippen LogP contribution in [0.2, 0.25) is 0 Å². The van der Waals surface area contributed by atoms with Crippen molar-refractivity contribution in [2.24, 2.45) is 0 Å². The monoisotopic (exact) mass is 690 g/mol. The molecule has 0 spiro atoms. The van der Waals surface area contributed by atoms with Gasteiger partial charge in [0.25, 0.3) is 5.91 Å². The second-order valence-electron chi connectivity index (χ2n) is 12.0. The predicted octanol–water partition coefficient (Wildman–Crippen LogP) is 7.44. The van der Waals surface area contributed by atoms with Crippen molar-refractivity contribution in [3.8, 4) is 22.3 Å². The lowest BCUT2D eigenvalue weighted by Gasteiger charge is -2.31. The van der Waals surface area contributed by atoms with Crippen LogP contribution in [0.4, 0.5) is 26.3 Å². The van der Waals surface area contributed by atoms with E-state index in [9.17, 15) is 35.9 Å². The maximum Gasteiger partial charge on any atom is 0.416 e. The minimum Gasteiger partial charge on any atom is -0.384 e. The smallest absolute Gasteiger partial charge is 0.384 e. The summed E-state index contributed by atoms with van der Waals surface area (Å²) in [4.78, 5) is 26.9. The van der Waals surface area contributed by atoms with E-state index in [1.807, 2.05) is 24.3 Å². The van der Waals surface area contributed by atoms with Crippen molar-refractivity contribution in [2.45, 2.75) is 36.8 Å². The Balaban J connectivity index is 1.09. The fraction of sp³-hybridized carbons (Fsp3) is 0.211. The number of alkyl halides is 6. The highest BCUT2D eigenvalue weighted by atomic mass is 19.4. The lowest BCUT2D eigenvalue weighted by Crippen LogP contribution is -2.47. The first-order valence-electron chi connectivity index (χ1n) is 15.9. The Labute approximate surface area is 284 Å². The van der Waals surface area contributed by atoms with Crippen LogP contribution in [0.1, 0.15) is 39.9 Å². The van der Waals surface area contributed by atoms with E-state index in [0.717, 1.165) is 23.3 Å². The molecule has 6 rings (SSSR count). The van der Waals surface area contributed by atoms with Crippen LogP contribution >= 0.6 is 0 Å². The number of hydrogen-bond donors (Lipinski definition) is 4. The molecule has 1 aliphatic carbocycles. The van der Waals surface area contributed by atoms with Gasteiger partial charge in [-0.25, -0.2) is 0 Å². The summed E-state index contributed by atoms with van der Waals surface area (Å²) in [5, 5.41) is 11.3. The van der Waals surface area contributed by atoms with Crippen LogP contribution in [-0.2, 0) is 16.4 Å². The third kappa shape index (κ3) is 7.10. The maximum absolute atomic E-state index is 13.7. The molecule has 258 valence electrons. The lowest BCUT2D eigenvalue weighted by molar-refractivity contribution is -0.141. The van der Waals surface area contributed by atoms with Crippen molar-refractivity contribution in [2.75, 3.05) is 13.1 Å². The highest BCUT2D eigenvalue weighted by Gasteiger charge is 2.49. The molecule has 1 heterocycles. The van der Waals surface area contributed by atoms with E-state index >= 15 is 0 Å². The summed E-state index contributed by atoms with van der Waals surface area (Å²) in [7, 11) is 0. The molecule has 1 atom stereocenters. The molecule has 1 unspecified atom stereocenters. The fourth-order valence-corrected chi connectivity index (χ4v) is 6.54. The normalized spacial score (nSPS) is 16.0. The second kappa shape index (κ2) is 13.8. The van der Waals surface area contributed by atoms with Gasteiger partial charge in [-0.15, -0.1) is 0 Å². The number of carbonyl (C=O) groups is 2. The minimum atomic E-state index is -4.56. The molecule has 0 aromatic heterocycles. The van der Waals surface area contributed by atoms with Gasteiger partial charge in [-0.2, -0.15) is 26.3 Å². The Kier molecular flexibility index (Phi) is 9.46. The molecule has 0 saturated heterocycles. The molecule has 1 aliphatic heterocycles. The number of halogens is 6. The molecule has 0 bridgehead atoms. The Morgan fingerprint density at radius 3 is 1.94 bits per heavy atom. The molecule has 4 N–H and O–H groups in total. The number of fused-ring (bicyclic) bond motifs is 3. The van der Waals surface area contributed by atoms with Gasteiger partial charge in [-0.3, -0.25) is 9.59 Å². The van der Waals surface area contributed by atoms with Gasteiger partial charge in [0.05, 0.1) is 5.56 Å². The highest BCUT2D eigenvalue weighted by Crippen LogP contribution is 2.51. The SMILES string of the molecule is O=C(NC1C=CC(NCCCC2(C(=O)NCC(F)(F)F)c3ccccc3-c3ccccc32)=CN1)c1ccccc1-c1ccc(C(F)(F)F)cc1. The zero-order chi connectivity index (χ0) is 35.5. The third-order valence-corrected chi connectivity index (χ3v) is 8.83. The molecule has 0 saturated carbocycles. The number of hydrogen-bond acceptors (Lipinski definition) is 4. The van der Waals surface area contributed by atoms with Crippen LogP contribution in [0.25, 0.3) is 22.3 Å². The van der Waals surface area contributed by atoms with Crippen molar-refractivity contribution >= 4 is 11.8 Å². The molecule has 6 nitrogen and oxygen atoms in total. The summed E-state index contributed by atoms with van der Waals surface area (Å²) in [6.45, 7) is -1.04. The highest BCUT2D eigenvalue weighted by molar-refractivity contribution is 6.01. The molecule has 2 amide bonds. The Hall–Kier alpha value is -5.52. The quantitative estimate of drug-likeness (QED) is 0.103. The van der Waals surface area contributed by atoms with Crippen LogP contribution in [0, 0.1) is 0 Å². The van der Waals surface area contributed by atoms with Crippen molar-refractivity contribution in [1.29, 1.82) is 0 Å². The third-order valence-electron chi connectivity index (χ3n) is 8.83. The summed E-state index contributed by atoms with van der Waals surface area (Å²) < 4.78 is 78.6. The number of allylic oxidation sites excluding steroid dienone is 1. The summed E-state index contributed by atoms with van der Waals surface area (Å²) >= 11 is 0. The van der Waals surface area contributed by atoms with Gasteiger partial charge in [0.15, 0.2) is 0 Å². The van der Waals surface area contributed by atoms with Crippen molar-refractivity contribution in [3.63, 3.8) is 0 Å². The van der Waals surface area contributed by atoms with Crippen LogP contribution in [0.3, 0.4) is 0 Å². The zero-order valence-corrected chi connectivity index (χ0v) is 26.5. The van der Waals surface area contributed by atoms with Gasteiger partial charge >= 0.3 is 12.4 Å². The molecule has 12 heteroatoms. The molecular formula is C38H32F6N4O2. The first-order valence-corrected chi connectivity index (χ1v) is 15.9. The number of amides is 2. The fourth-order valence-electron chi connectivity index (χ4n) is 6.54. The average molecular weight is 691 g/mol. The lowest BCUT2D eigenvalue weighted by atomic mass is 9.73. The predicted molar refractivity (Wildman–Crippen MR) is 177 cm³/mol. The first-order chi connectivity index (χ1) is 23.9. The van der Waals surface area contributed by atoms with Crippen LogP contribution < -0.4 is 21.3 Å². The van der Waals surface area contributed by atoms with Gasteiger partial charge in [-0.05, 0) is 76.6 Å². The largest absolute Gasteiger partial charge is 0.416 e. The van der Waals surface area contributed by atoms with Gasteiger partial charge in [0, 0.05) is 24.0 Å². The maximum atomic E-state index is 13.7. The average Bonchev–Trinajstić information content (AvgIpc) is 3.39. The van der Waals surface area contributed by atoms with Gasteiger partial charge in [0.2, 0.25) is 5.91 Å². The molecule has 50 heavy (non-hydrogen) atoms. The molecule has 4 aromatic rings. The van der Waals surface area contributed by atoms with Crippen molar-refractivity contribution in [1.82, 2.24) is 21.3 Å². The molecule has 2 aliphatic rings. The van der Waals surface area contributed by atoms with Crippen molar-refractivity contribution < 1.29 is 35.9 Å². The van der Waals surface area contributed by atoms with E-state index in [1.54, 1.807) is 66.9 Å². The topological polar surface area (TPSA) is 82.3 Å². The molecular weight excluding hydrogens is 658 g/mol. The van der Waals surface area contributed by atoms with E-state index in [-0.39, 0.29) is 6.42 Å². The van der Waals surface area contributed by atoms with Crippen LogP contribution in [-0.4, -0.2) is 37.2 Å². The summed E-state index contributed by atoms with van der Waals surface area (Å²) in [6, 6.07) is 25.8. The Morgan fingerprint density at radius 1 is 0.760 bits per heavy atom. The van der Waals surface area contributed by atoms with Crippen LogP contribution in [0.15, 0.2) is 121 Å². The number of carbonyl (C=O) groups excluding carboxylic acids is 2. The van der Waals surface area contributed by atoms with E-state index in [4.69, 9.17) is 0 Å². The summed E-state index contributed by atoms with van der Waals surface area (Å²) in [5.41, 5.74) is 2.79. The standard InChI is InChI=1S/C38H32F6N4O2/c39-37(40,41)23-47-35(50)36(31-12-5-3-9-28(31)29-10-4-6-13-32(29)36)20-7-21-45-26-18-19-33(46-22-26)48-34(49)30-11-2-1-8-27(30)24-14-16-25(17-15-24)38(42,43)44/h1-6,8-19,22,33,45-46H,7,20-21,23H2,(H,47,50)(H,48,49). The first kappa shape index (κ1) is 34.3. The van der Waals surface area contributed by atoms with Gasteiger partial charge in [-0.1, -0.05) is 78.9 Å². The van der Waals surface area contributed by atoms with E-state index in [0.29, 0.717) is 46.5 Å². The summed E-state index contributed by atoms with van der Waals surface area (Å²) in [6.07, 6.45) is -3.78. The molecule has 0 fully saturated rings. The van der Waals surface area contributed by atoms with Crippen LogP contribution in [0.5, 0.6) is 0 Å². The minimum absolute atomic E-state index is 0.249. The second-order valence-corrected chi connectivity index (χ2v) is 12.0. The van der Waals surface area contributed by atoms with E-state index < -0.39 is 47.9 Å². The van der Waals surface area contributed by atoms with Gasteiger partial charge < -0.3 is 21.3 Å². The number of rotatable bonds is 10. The Bertz CT molecular complexity index is 1900. The molecule has 0 radical (unpaired) electrons. The summed E-state index contributed by atoms with van der Waals surface area (Å²) in [5.74, 6) is -1.14. The number of nitrogens with one attached hydrogen (secondary N) is 4. The number of benzene rings is 4. The van der Waals surface area contributed by atoms with E-state index in [2.05, 4.69) is 21.3 Å². The molecule has 4 aromatic carbocycles. The van der Waals surface area contributed by atoms with E-state index in [1.165, 1.54) is 12.1 Å².